The van der Waals surface area contributed by atoms with Crippen LogP contribution >= 0.6 is 0 Å². The quantitative estimate of drug-likeness (QED) is 0.0122. The van der Waals surface area contributed by atoms with E-state index >= 15 is 0 Å². The lowest BCUT2D eigenvalue weighted by atomic mass is 10.1. The van der Waals surface area contributed by atoms with Crippen LogP contribution in [-0.4, -0.2) is 168 Å². The Morgan fingerprint density at radius 3 is 1.18 bits per heavy atom. The van der Waals surface area contributed by atoms with Gasteiger partial charge in [-0.2, -0.15) is 0 Å². The van der Waals surface area contributed by atoms with Crippen LogP contribution in [0.25, 0.3) is 12.2 Å². The summed E-state index contributed by atoms with van der Waals surface area (Å²) < 4.78 is 37.1. The van der Waals surface area contributed by atoms with Crippen molar-refractivity contribution in [3.63, 3.8) is 0 Å². The normalized spacial score (nSPS) is 12.0. The van der Waals surface area contributed by atoms with E-state index in [4.69, 9.17) is 38.9 Å². The summed E-state index contributed by atoms with van der Waals surface area (Å²) in [6, 6.07) is 16.0. The van der Waals surface area contributed by atoms with Crippen molar-refractivity contribution in [3.05, 3.63) is 107 Å². The number of nitrogens with two attached hydrogens (primary N) is 1. The smallest absolute Gasteiger partial charge is 0.407 e. The lowest BCUT2D eigenvalue weighted by Gasteiger charge is -2.19. The standard InChI is InChI=1S/C29H38N2O11.C24H30N2O9/c1-29(2,3)42-28(38)31-11-13-40-15-14-39-12-10-30-27(37)25(18-20-5-8-22(33)24(35)17-20)41-26(36)9-6-19-4-7-21(32)23(34)16-19;25-7-9-33-11-12-34-10-8-26-24(32)22(15-17-2-5-19(28)21(30)14-17)35-23(31)6-3-16-1-4-18(27)20(29)13-16/h4-9,16-17,25,32-35H,10-15,18H2,1-3H3,(H,30,37)(H,31,38);1-6,13-14,22,27-30H,7-12,15,25H2,(H,26,32)/b9-6+;6-3+/t25-;22-/m11/s1. The highest BCUT2D eigenvalue weighted by Crippen LogP contribution is 2.29. The van der Waals surface area contributed by atoms with E-state index < -0.39 is 47.7 Å². The molecule has 420 valence electrons. The number of phenols is 8. The molecule has 0 aliphatic carbocycles. The molecule has 4 aromatic carbocycles. The van der Waals surface area contributed by atoms with Crippen LogP contribution in [0.2, 0.25) is 0 Å². The van der Waals surface area contributed by atoms with Crippen LogP contribution in [-0.2, 0) is 65.2 Å². The van der Waals surface area contributed by atoms with E-state index in [0.29, 0.717) is 48.6 Å². The fourth-order valence-electron chi connectivity index (χ4n) is 6.16. The second-order valence-corrected chi connectivity index (χ2v) is 17.3. The number of benzene rings is 4. The molecule has 0 saturated carbocycles. The van der Waals surface area contributed by atoms with Crippen molar-refractivity contribution in [2.24, 2.45) is 5.73 Å². The van der Waals surface area contributed by atoms with Crippen molar-refractivity contribution in [1.82, 2.24) is 16.0 Å². The molecule has 77 heavy (non-hydrogen) atoms. The Labute approximate surface area is 444 Å². The maximum atomic E-state index is 12.8. The van der Waals surface area contributed by atoms with Gasteiger partial charge in [0, 0.05) is 51.2 Å². The van der Waals surface area contributed by atoms with Gasteiger partial charge < -0.3 is 95.7 Å². The van der Waals surface area contributed by atoms with Crippen molar-refractivity contribution in [2.45, 2.75) is 51.4 Å². The molecule has 0 unspecified atom stereocenters. The number of phenolic OH excluding ortho intramolecular Hbond substituents is 8. The molecule has 24 heteroatoms. The van der Waals surface area contributed by atoms with Crippen LogP contribution in [0.3, 0.4) is 0 Å². The zero-order valence-corrected chi connectivity index (χ0v) is 42.8. The third-order valence-electron chi connectivity index (χ3n) is 9.86. The predicted octanol–water partition coefficient (Wildman–Crippen LogP) is 3.14. The number of hydrogen-bond acceptors (Lipinski definition) is 21. The van der Waals surface area contributed by atoms with E-state index in [2.05, 4.69) is 16.0 Å². The summed E-state index contributed by atoms with van der Waals surface area (Å²) in [5, 5.41) is 84.3. The van der Waals surface area contributed by atoms with Crippen molar-refractivity contribution in [1.29, 1.82) is 0 Å². The van der Waals surface area contributed by atoms with E-state index in [1.165, 1.54) is 84.9 Å². The fraction of sp³-hybridized carbons (Fsp3) is 0.377. The van der Waals surface area contributed by atoms with Gasteiger partial charge in [-0.15, -0.1) is 0 Å². The number of aromatic hydroxyl groups is 8. The van der Waals surface area contributed by atoms with Crippen LogP contribution in [0.15, 0.2) is 84.9 Å². The highest BCUT2D eigenvalue weighted by molar-refractivity contribution is 5.91. The summed E-state index contributed by atoms with van der Waals surface area (Å²) in [6.45, 7) is 8.53. The van der Waals surface area contributed by atoms with Crippen LogP contribution in [0.1, 0.15) is 43.0 Å². The van der Waals surface area contributed by atoms with E-state index in [0.717, 1.165) is 12.2 Å². The number of rotatable bonds is 29. The first-order valence-corrected chi connectivity index (χ1v) is 24.0. The van der Waals surface area contributed by atoms with E-state index in [1.54, 1.807) is 20.8 Å². The Balaban J connectivity index is 0.000000412. The molecule has 0 aliphatic heterocycles. The fourth-order valence-corrected chi connectivity index (χ4v) is 6.16. The second-order valence-electron chi connectivity index (χ2n) is 17.3. The molecular weight excluding hydrogens is 1010 g/mol. The Morgan fingerprint density at radius 2 is 0.831 bits per heavy atom. The van der Waals surface area contributed by atoms with Crippen LogP contribution in [0.4, 0.5) is 4.79 Å². The second kappa shape index (κ2) is 33.6. The maximum absolute atomic E-state index is 12.8. The molecule has 4 rings (SSSR count). The number of carbonyl (C=O) groups excluding carboxylic acids is 5. The van der Waals surface area contributed by atoms with Crippen LogP contribution in [0.5, 0.6) is 46.0 Å². The van der Waals surface area contributed by atoms with Gasteiger partial charge in [-0.25, -0.2) is 14.4 Å². The Morgan fingerprint density at radius 1 is 0.481 bits per heavy atom. The molecule has 13 N–H and O–H groups in total. The predicted molar refractivity (Wildman–Crippen MR) is 277 cm³/mol. The van der Waals surface area contributed by atoms with Gasteiger partial charge in [0.05, 0.1) is 52.9 Å². The van der Waals surface area contributed by atoms with Gasteiger partial charge in [-0.05, 0) is 104 Å². The molecule has 0 spiro atoms. The molecule has 0 heterocycles. The van der Waals surface area contributed by atoms with Gasteiger partial charge in [0.1, 0.15) is 5.60 Å². The first-order valence-electron chi connectivity index (χ1n) is 24.0. The number of ether oxygens (including phenoxy) is 7. The van der Waals surface area contributed by atoms with Crippen LogP contribution in [0, 0.1) is 0 Å². The number of alkyl carbamates (subject to hydrolysis) is 1. The van der Waals surface area contributed by atoms with Crippen molar-refractivity contribution in [2.75, 3.05) is 79.0 Å². The third kappa shape index (κ3) is 26.2. The highest BCUT2D eigenvalue weighted by Gasteiger charge is 2.25. The molecule has 3 amide bonds. The van der Waals surface area contributed by atoms with E-state index in [-0.39, 0.29) is 112 Å². The van der Waals surface area contributed by atoms with E-state index in [9.17, 15) is 64.8 Å². The van der Waals surface area contributed by atoms with Crippen molar-refractivity contribution in [3.8, 4) is 46.0 Å². The van der Waals surface area contributed by atoms with Gasteiger partial charge in [0.25, 0.3) is 11.8 Å². The number of hydrogen-bond donors (Lipinski definition) is 12. The van der Waals surface area contributed by atoms with Gasteiger partial charge in [0.15, 0.2) is 58.2 Å². The average Bonchev–Trinajstić information content (AvgIpc) is 3.37. The molecule has 2 atom stereocenters. The summed E-state index contributed by atoms with van der Waals surface area (Å²) in [4.78, 5) is 61.9. The minimum atomic E-state index is -1.28. The third-order valence-corrected chi connectivity index (χ3v) is 9.86. The number of esters is 2. The summed E-state index contributed by atoms with van der Waals surface area (Å²) in [5.41, 5.74) is 6.46. The monoisotopic (exact) mass is 1080 g/mol. The Kier molecular flexibility index (Phi) is 27.5. The summed E-state index contributed by atoms with van der Waals surface area (Å²) in [6.07, 6.45) is 1.63. The minimum absolute atomic E-state index is 0.0625. The summed E-state index contributed by atoms with van der Waals surface area (Å²) >= 11 is 0. The molecule has 0 aromatic heterocycles. The molecule has 24 nitrogen and oxygen atoms in total. The maximum Gasteiger partial charge on any atom is 0.407 e. The molecule has 0 aliphatic rings. The SMILES string of the molecule is CC(C)(C)OC(=O)NCCOCCOCCNC(=O)[C@@H](Cc1ccc(O)c(O)c1)OC(=O)/C=C/c1ccc(O)c(O)c1.NCCOCCOCCNC(=O)[C@@H](Cc1ccc(O)c(O)c1)OC(=O)/C=C/c1ccc(O)c(O)c1. The molecule has 4 aromatic rings. The zero-order chi connectivity index (χ0) is 56.8. The lowest BCUT2D eigenvalue weighted by molar-refractivity contribution is -0.151. The Hall–Kier alpha value is -8.29. The van der Waals surface area contributed by atoms with Crippen LogP contribution < -0.4 is 21.7 Å². The average molecular weight is 1080 g/mol. The van der Waals surface area contributed by atoms with E-state index in [1.807, 2.05) is 0 Å². The van der Waals surface area contributed by atoms with Gasteiger partial charge in [0.2, 0.25) is 0 Å². The molecule has 0 fully saturated rings. The first kappa shape index (κ1) is 63.0. The first-order chi connectivity index (χ1) is 36.6. The van der Waals surface area contributed by atoms with Crippen molar-refractivity contribution < 1.29 is 98.0 Å². The number of nitrogens with one attached hydrogen (secondary N) is 3. The topological polar surface area (TPSA) is 374 Å². The van der Waals surface area contributed by atoms with Gasteiger partial charge in [-0.1, -0.05) is 24.3 Å². The molecular formula is C53H68N4O20. The molecule has 0 saturated heterocycles. The zero-order valence-electron chi connectivity index (χ0n) is 42.8. The minimum Gasteiger partial charge on any atom is -0.504 e. The highest BCUT2D eigenvalue weighted by atomic mass is 16.6. The lowest BCUT2D eigenvalue weighted by Crippen LogP contribution is -2.40. The summed E-state index contributed by atoms with van der Waals surface area (Å²) in [7, 11) is 0. The van der Waals surface area contributed by atoms with Gasteiger partial charge in [-0.3, -0.25) is 9.59 Å². The largest absolute Gasteiger partial charge is 0.504 e. The summed E-state index contributed by atoms with van der Waals surface area (Å²) in [5.74, 6) is -5.60. The van der Waals surface area contributed by atoms with Gasteiger partial charge >= 0.3 is 18.0 Å². The molecule has 0 radical (unpaired) electrons. The Bertz CT molecular complexity index is 2580. The number of carbonyl (C=O) groups is 5. The van der Waals surface area contributed by atoms with Crippen molar-refractivity contribution >= 4 is 42.0 Å². The molecule has 0 bridgehead atoms. The number of amides is 3.